The molecular formula is C14H17NO4. The van der Waals surface area contributed by atoms with Crippen LogP contribution in [0.4, 0.5) is 5.69 Å². The normalized spacial score (nSPS) is 22.2. The Labute approximate surface area is 111 Å². The van der Waals surface area contributed by atoms with Gasteiger partial charge in [0.2, 0.25) is 5.91 Å². The van der Waals surface area contributed by atoms with Gasteiger partial charge in [0.05, 0.1) is 23.3 Å². The monoisotopic (exact) mass is 263 g/mol. The molecule has 0 bridgehead atoms. The molecule has 1 aromatic rings. The highest BCUT2D eigenvalue weighted by molar-refractivity contribution is 6.01. The van der Waals surface area contributed by atoms with E-state index in [0.29, 0.717) is 18.7 Å². The Morgan fingerprint density at radius 2 is 2.16 bits per heavy atom. The second-order valence-electron chi connectivity index (χ2n) is 4.55. The first-order valence-corrected chi connectivity index (χ1v) is 6.38. The van der Waals surface area contributed by atoms with Crippen LogP contribution in [0.25, 0.3) is 0 Å². The number of nitrogens with one attached hydrogen (secondary N) is 1. The van der Waals surface area contributed by atoms with Crippen LogP contribution in [-0.2, 0) is 9.53 Å². The Morgan fingerprint density at radius 3 is 2.84 bits per heavy atom. The predicted octanol–water partition coefficient (Wildman–Crippen LogP) is 2.14. The van der Waals surface area contributed by atoms with E-state index in [1.165, 1.54) is 6.07 Å². The van der Waals surface area contributed by atoms with Gasteiger partial charge in [-0.1, -0.05) is 19.1 Å². The van der Waals surface area contributed by atoms with Crippen molar-refractivity contribution in [1.82, 2.24) is 0 Å². The second-order valence-corrected chi connectivity index (χ2v) is 4.55. The van der Waals surface area contributed by atoms with Crippen LogP contribution < -0.4 is 5.32 Å². The van der Waals surface area contributed by atoms with Crippen molar-refractivity contribution >= 4 is 17.6 Å². The number of para-hydroxylation sites is 1. The maximum absolute atomic E-state index is 12.2. The number of carboxylic acid groups (broad SMARTS) is 1. The third-order valence-electron chi connectivity index (χ3n) is 3.36. The molecule has 1 amide bonds. The van der Waals surface area contributed by atoms with Crippen molar-refractivity contribution in [1.29, 1.82) is 0 Å². The summed E-state index contributed by atoms with van der Waals surface area (Å²) in [5.41, 5.74) is 0.435. The summed E-state index contributed by atoms with van der Waals surface area (Å²) in [6.07, 6.45) is 1.38. The quantitative estimate of drug-likeness (QED) is 0.872. The van der Waals surface area contributed by atoms with Crippen molar-refractivity contribution in [2.24, 2.45) is 5.92 Å². The van der Waals surface area contributed by atoms with Gasteiger partial charge in [0.15, 0.2) is 0 Å². The zero-order chi connectivity index (χ0) is 13.8. The first kappa shape index (κ1) is 13.5. The fraction of sp³-hybridized carbons (Fsp3) is 0.429. The maximum Gasteiger partial charge on any atom is 0.337 e. The average Bonchev–Trinajstić information content (AvgIpc) is 2.87. The van der Waals surface area contributed by atoms with E-state index in [2.05, 4.69) is 5.32 Å². The molecule has 0 radical (unpaired) electrons. The van der Waals surface area contributed by atoms with Gasteiger partial charge in [-0.3, -0.25) is 4.79 Å². The SMILES string of the molecule is CCC1OCCC1C(=O)Nc1ccccc1C(=O)O. The zero-order valence-electron chi connectivity index (χ0n) is 10.8. The Morgan fingerprint density at radius 1 is 1.42 bits per heavy atom. The third kappa shape index (κ3) is 2.93. The lowest BCUT2D eigenvalue weighted by Crippen LogP contribution is -2.29. The van der Waals surface area contributed by atoms with Gasteiger partial charge in [-0.2, -0.15) is 0 Å². The molecule has 102 valence electrons. The Balaban J connectivity index is 2.13. The topological polar surface area (TPSA) is 75.6 Å². The van der Waals surface area contributed by atoms with E-state index in [-0.39, 0.29) is 23.5 Å². The number of rotatable bonds is 4. The molecule has 0 spiro atoms. The molecule has 2 unspecified atom stereocenters. The fourth-order valence-electron chi connectivity index (χ4n) is 2.35. The van der Waals surface area contributed by atoms with Crippen molar-refractivity contribution in [3.8, 4) is 0 Å². The second kappa shape index (κ2) is 5.84. The Bertz CT molecular complexity index is 486. The van der Waals surface area contributed by atoms with Crippen molar-refractivity contribution in [3.63, 3.8) is 0 Å². The lowest BCUT2D eigenvalue weighted by molar-refractivity contribution is -0.121. The van der Waals surface area contributed by atoms with E-state index in [4.69, 9.17) is 9.84 Å². The summed E-state index contributed by atoms with van der Waals surface area (Å²) < 4.78 is 5.47. The van der Waals surface area contributed by atoms with Crippen LogP contribution in [0.15, 0.2) is 24.3 Å². The molecule has 1 aliphatic heterocycles. The molecule has 1 heterocycles. The highest BCUT2D eigenvalue weighted by Gasteiger charge is 2.33. The number of carbonyl (C=O) groups is 2. The third-order valence-corrected chi connectivity index (χ3v) is 3.36. The van der Waals surface area contributed by atoms with Crippen LogP contribution in [0.2, 0.25) is 0 Å². The number of anilines is 1. The van der Waals surface area contributed by atoms with E-state index >= 15 is 0 Å². The van der Waals surface area contributed by atoms with Gasteiger partial charge in [-0.15, -0.1) is 0 Å². The van der Waals surface area contributed by atoms with Gasteiger partial charge < -0.3 is 15.2 Å². The summed E-state index contributed by atoms with van der Waals surface area (Å²) >= 11 is 0. The van der Waals surface area contributed by atoms with E-state index in [1.807, 2.05) is 6.92 Å². The van der Waals surface area contributed by atoms with E-state index in [9.17, 15) is 9.59 Å². The Kier molecular flexibility index (Phi) is 4.16. The smallest absolute Gasteiger partial charge is 0.337 e. The van der Waals surface area contributed by atoms with Crippen LogP contribution in [0.3, 0.4) is 0 Å². The van der Waals surface area contributed by atoms with Crippen LogP contribution >= 0.6 is 0 Å². The highest BCUT2D eigenvalue weighted by Crippen LogP contribution is 2.25. The van der Waals surface area contributed by atoms with Crippen LogP contribution in [0.1, 0.15) is 30.1 Å². The number of amides is 1. The van der Waals surface area contributed by atoms with Crippen molar-refractivity contribution in [2.75, 3.05) is 11.9 Å². The molecule has 1 aliphatic rings. The minimum Gasteiger partial charge on any atom is -0.478 e. The summed E-state index contributed by atoms with van der Waals surface area (Å²) in [6, 6.07) is 6.40. The van der Waals surface area contributed by atoms with Gasteiger partial charge in [0.1, 0.15) is 0 Å². The molecule has 19 heavy (non-hydrogen) atoms. The van der Waals surface area contributed by atoms with Crippen molar-refractivity contribution < 1.29 is 19.4 Å². The summed E-state index contributed by atoms with van der Waals surface area (Å²) in [4.78, 5) is 23.2. The molecule has 0 aliphatic carbocycles. The molecule has 5 heteroatoms. The van der Waals surface area contributed by atoms with Crippen LogP contribution in [0.5, 0.6) is 0 Å². The average molecular weight is 263 g/mol. The predicted molar refractivity (Wildman–Crippen MR) is 70.2 cm³/mol. The first-order valence-electron chi connectivity index (χ1n) is 6.38. The summed E-state index contributed by atoms with van der Waals surface area (Å²) in [5, 5.41) is 11.8. The van der Waals surface area contributed by atoms with E-state index in [0.717, 1.165) is 6.42 Å². The first-order chi connectivity index (χ1) is 9.13. The Hall–Kier alpha value is -1.88. The zero-order valence-corrected chi connectivity index (χ0v) is 10.8. The van der Waals surface area contributed by atoms with Crippen molar-refractivity contribution in [3.05, 3.63) is 29.8 Å². The van der Waals surface area contributed by atoms with Gasteiger partial charge in [-0.05, 0) is 25.0 Å². The minimum atomic E-state index is -1.05. The fourth-order valence-corrected chi connectivity index (χ4v) is 2.35. The number of carboxylic acids is 1. The number of benzene rings is 1. The molecular weight excluding hydrogens is 246 g/mol. The van der Waals surface area contributed by atoms with Crippen molar-refractivity contribution in [2.45, 2.75) is 25.9 Å². The molecule has 1 fully saturated rings. The number of ether oxygens (including phenoxy) is 1. The maximum atomic E-state index is 12.2. The molecule has 1 saturated heterocycles. The van der Waals surface area contributed by atoms with Gasteiger partial charge >= 0.3 is 5.97 Å². The molecule has 2 N–H and O–H groups in total. The summed E-state index contributed by atoms with van der Waals surface area (Å²) in [6.45, 7) is 2.55. The minimum absolute atomic E-state index is 0.0722. The molecule has 2 atom stereocenters. The number of hydrogen-bond donors (Lipinski definition) is 2. The molecule has 1 aromatic carbocycles. The molecule has 0 saturated carbocycles. The van der Waals surface area contributed by atoms with Crippen LogP contribution in [0, 0.1) is 5.92 Å². The number of carbonyl (C=O) groups excluding carboxylic acids is 1. The van der Waals surface area contributed by atoms with Gasteiger partial charge in [0, 0.05) is 6.61 Å². The van der Waals surface area contributed by atoms with Gasteiger partial charge in [0.25, 0.3) is 0 Å². The largest absolute Gasteiger partial charge is 0.478 e. The lowest BCUT2D eigenvalue weighted by Gasteiger charge is -2.17. The summed E-state index contributed by atoms with van der Waals surface area (Å²) in [5.74, 6) is -1.42. The number of aromatic carboxylic acids is 1. The lowest BCUT2D eigenvalue weighted by atomic mass is 9.98. The molecule has 0 aromatic heterocycles. The number of hydrogen-bond acceptors (Lipinski definition) is 3. The highest BCUT2D eigenvalue weighted by atomic mass is 16.5. The summed E-state index contributed by atoms with van der Waals surface area (Å²) in [7, 11) is 0. The van der Waals surface area contributed by atoms with Gasteiger partial charge in [-0.25, -0.2) is 4.79 Å². The van der Waals surface area contributed by atoms with E-state index in [1.54, 1.807) is 18.2 Å². The standard InChI is InChI=1S/C14H17NO4/c1-2-12-10(7-8-19-12)13(16)15-11-6-4-3-5-9(11)14(17)18/h3-6,10,12H,2,7-8H2,1H3,(H,15,16)(H,17,18). The van der Waals surface area contributed by atoms with Crippen LogP contribution in [-0.4, -0.2) is 29.7 Å². The van der Waals surface area contributed by atoms with E-state index < -0.39 is 5.97 Å². The molecule has 2 rings (SSSR count). The molecule has 5 nitrogen and oxygen atoms in total.